The van der Waals surface area contributed by atoms with Crippen LogP contribution >= 0.6 is 0 Å². The predicted octanol–water partition coefficient (Wildman–Crippen LogP) is 2.33. The highest BCUT2D eigenvalue weighted by Gasteiger charge is 2.19. The fourth-order valence-corrected chi connectivity index (χ4v) is 2.04. The van der Waals surface area contributed by atoms with Crippen molar-refractivity contribution in [1.29, 1.82) is 0 Å². The van der Waals surface area contributed by atoms with Crippen LogP contribution in [0.25, 0.3) is 0 Å². The van der Waals surface area contributed by atoms with E-state index in [1.165, 1.54) is 12.1 Å². The minimum Gasteiger partial charge on any atom is -0.462 e. The minimum atomic E-state index is -0.796. The van der Waals surface area contributed by atoms with Crippen molar-refractivity contribution in [3.8, 4) is 0 Å². The lowest BCUT2D eigenvalue weighted by Crippen LogP contribution is -2.12. The summed E-state index contributed by atoms with van der Waals surface area (Å²) in [5.41, 5.74) is 21.3. The van der Waals surface area contributed by atoms with Crippen LogP contribution in [0.4, 0.5) is 31.5 Å². The lowest BCUT2D eigenvalue weighted by atomic mass is 10.1. The van der Waals surface area contributed by atoms with Gasteiger partial charge < -0.3 is 32.4 Å². The number of nitrogen functional groups attached to an aromatic ring is 4. The maximum Gasteiger partial charge on any atom is 0.343 e. The molecule has 0 unspecified atom stereocenters. The van der Waals surface area contributed by atoms with Crippen LogP contribution in [0.3, 0.4) is 0 Å². The summed E-state index contributed by atoms with van der Waals surface area (Å²) in [5.74, 6) is -3.05. The normalized spacial score (nSPS) is 9.86. The number of carbonyl (C=O) groups excluding carboxylic acids is 2. The van der Waals surface area contributed by atoms with E-state index in [4.69, 9.17) is 22.9 Å². The Labute approximate surface area is 160 Å². The number of nitrogens with two attached hydrogens (primary N) is 4. The molecule has 10 heteroatoms. The first-order valence-corrected chi connectivity index (χ1v) is 8.16. The molecule has 0 bridgehead atoms. The third-order valence-corrected chi connectivity index (χ3v) is 3.42. The second kappa shape index (κ2) is 9.95. The van der Waals surface area contributed by atoms with Crippen LogP contribution in [0.15, 0.2) is 24.3 Å². The van der Waals surface area contributed by atoms with Crippen molar-refractivity contribution in [2.45, 2.75) is 13.8 Å². The van der Waals surface area contributed by atoms with Gasteiger partial charge in [0.2, 0.25) is 0 Å². The van der Waals surface area contributed by atoms with Crippen molar-refractivity contribution in [3.05, 3.63) is 47.0 Å². The molecule has 0 aliphatic rings. The van der Waals surface area contributed by atoms with Gasteiger partial charge in [0, 0.05) is 0 Å². The van der Waals surface area contributed by atoms with Gasteiger partial charge in [-0.15, -0.1) is 0 Å². The minimum absolute atomic E-state index is 0.0801. The number of ether oxygens (including phenoxy) is 2. The number of hydrogen-bond acceptors (Lipinski definition) is 8. The zero-order valence-electron chi connectivity index (χ0n) is 15.4. The molecule has 2 aromatic rings. The Bertz CT molecular complexity index is 804. The average Bonchev–Trinajstić information content (AvgIpc) is 2.63. The Kier molecular flexibility index (Phi) is 7.99. The highest BCUT2D eigenvalue weighted by atomic mass is 19.1. The Balaban J connectivity index is 0.000000280. The van der Waals surface area contributed by atoms with Gasteiger partial charge in [-0.2, -0.15) is 0 Å². The molecule has 0 radical (unpaired) electrons. The number of esters is 2. The number of rotatable bonds is 4. The van der Waals surface area contributed by atoms with E-state index >= 15 is 0 Å². The topological polar surface area (TPSA) is 157 Å². The van der Waals surface area contributed by atoms with Crippen LogP contribution in [0, 0.1) is 11.6 Å². The quantitative estimate of drug-likeness (QED) is 0.453. The summed E-state index contributed by atoms with van der Waals surface area (Å²) in [6, 6.07) is 4.76. The Morgan fingerprint density at radius 1 is 0.750 bits per heavy atom. The second-order valence-corrected chi connectivity index (χ2v) is 5.29. The van der Waals surface area contributed by atoms with Gasteiger partial charge in [0.1, 0.15) is 22.8 Å². The first kappa shape index (κ1) is 22.5. The molecule has 0 spiro atoms. The summed E-state index contributed by atoms with van der Waals surface area (Å²) < 4.78 is 35.6. The molecule has 0 atom stereocenters. The Hall–Kier alpha value is -3.56. The molecule has 28 heavy (non-hydrogen) atoms. The number of hydrogen-bond donors (Lipinski definition) is 4. The highest BCUT2D eigenvalue weighted by molar-refractivity contribution is 5.99. The van der Waals surface area contributed by atoms with E-state index in [1.54, 1.807) is 13.8 Å². The third kappa shape index (κ3) is 5.22. The summed E-state index contributed by atoms with van der Waals surface area (Å²) in [6.45, 7) is 3.57. The Morgan fingerprint density at radius 2 is 1.07 bits per heavy atom. The molecular weight excluding hydrogens is 374 g/mol. The van der Waals surface area contributed by atoms with E-state index in [0.29, 0.717) is 0 Å². The molecule has 0 heterocycles. The van der Waals surface area contributed by atoms with Crippen LogP contribution in [0.5, 0.6) is 0 Å². The lowest BCUT2D eigenvalue weighted by Gasteiger charge is -2.08. The van der Waals surface area contributed by atoms with Gasteiger partial charge in [0.05, 0.1) is 36.0 Å². The van der Waals surface area contributed by atoms with Gasteiger partial charge in [0.15, 0.2) is 0 Å². The molecule has 0 aliphatic carbocycles. The van der Waals surface area contributed by atoms with E-state index < -0.39 is 23.6 Å². The standard InChI is InChI=1S/2C9H11FN2O2/c2*1-2-14-9(13)7-5(10)3-4-6(11)8(7)12/h2*3-4H,2,11-12H2,1H3. The van der Waals surface area contributed by atoms with Crippen LogP contribution in [-0.4, -0.2) is 25.2 Å². The largest absolute Gasteiger partial charge is 0.462 e. The number of anilines is 4. The highest BCUT2D eigenvalue weighted by Crippen LogP contribution is 2.24. The van der Waals surface area contributed by atoms with Crippen LogP contribution in [0.2, 0.25) is 0 Å². The van der Waals surface area contributed by atoms with Crippen molar-refractivity contribution in [2.75, 3.05) is 36.1 Å². The van der Waals surface area contributed by atoms with Crippen molar-refractivity contribution in [1.82, 2.24) is 0 Å². The molecule has 2 aromatic carbocycles. The van der Waals surface area contributed by atoms with Crippen LogP contribution in [-0.2, 0) is 9.47 Å². The van der Waals surface area contributed by atoms with Crippen LogP contribution < -0.4 is 22.9 Å². The predicted molar refractivity (Wildman–Crippen MR) is 102 cm³/mol. The fourth-order valence-electron chi connectivity index (χ4n) is 2.04. The lowest BCUT2D eigenvalue weighted by molar-refractivity contribution is 0.0512. The van der Waals surface area contributed by atoms with Gasteiger partial charge in [-0.05, 0) is 38.1 Å². The molecule has 0 saturated heterocycles. The summed E-state index contributed by atoms with van der Waals surface area (Å²) in [6.07, 6.45) is 0. The number of carbonyl (C=O) groups is 2. The third-order valence-electron chi connectivity index (χ3n) is 3.42. The maximum absolute atomic E-state index is 13.2. The summed E-state index contributed by atoms with van der Waals surface area (Å²) in [7, 11) is 0. The van der Waals surface area contributed by atoms with Gasteiger partial charge in [-0.1, -0.05) is 0 Å². The van der Waals surface area contributed by atoms with E-state index in [0.717, 1.165) is 12.1 Å². The van der Waals surface area contributed by atoms with E-state index in [2.05, 4.69) is 9.47 Å². The van der Waals surface area contributed by atoms with E-state index in [1.807, 2.05) is 0 Å². The Morgan fingerprint density at radius 3 is 1.36 bits per heavy atom. The molecule has 0 saturated carbocycles. The average molecular weight is 396 g/mol. The fraction of sp³-hybridized carbons (Fsp3) is 0.222. The number of benzene rings is 2. The zero-order valence-corrected chi connectivity index (χ0v) is 15.4. The zero-order chi connectivity index (χ0) is 21.4. The smallest absolute Gasteiger partial charge is 0.343 e. The summed E-state index contributed by atoms with van der Waals surface area (Å²) >= 11 is 0. The molecule has 0 aromatic heterocycles. The molecule has 2 rings (SSSR count). The van der Waals surface area contributed by atoms with Crippen molar-refractivity contribution in [2.24, 2.45) is 0 Å². The molecule has 8 nitrogen and oxygen atoms in total. The number of halogens is 2. The molecule has 8 N–H and O–H groups in total. The van der Waals surface area contributed by atoms with Gasteiger partial charge >= 0.3 is 11.9 Å². The molecule has 0 fully saturated rings. The molecular formula is C18H22F2N4O4. The van der Waals surface area contributed by atoms with Crippen molar-refractivity contribution in [3.63, 3.8) is 0 Å². The van der Waals surface area contributed by atoms with Crippen LogP contribution in [0.1, 0.15) is 34.6 Å². The first-order valence-electron chi connectivity index (χ1n) is 8.16. The molecule has 0 aliphatic heterocycles. The van der Waals surface area contributed by atoms with E-state index in [-0.39, 0.29) is 47.1 Å². The molecule has 0 amide bonds. The van der Waals surface area contributed by atoms with Gasteiger partial charge in [-0.25, -0.2) is 18.4 Å². The first-order chi connectivity index (χ1) is 13.1. The van der Waals surface area contributed by atoms with Crippen molar-refractivity contribution >= 4 is 34.7 Å². The van der Waals surface area contributed by atoms with Crippen molar-refractivity contribution < 1.29 is 27.8 Å². The van der Waals surface area contributed by atoms with Gasteiger partial charge in [0.25, 0.3) is 0 Å². The van der Waals surface area contributed by atoms with Gasteiger partial charge in [-0.3, -0.25) is 0 Å². The second-order valence-electron chi connectivity index (χ2n) is 5.29. The SMILES string of the molecule is CCOC(=O)c1c(F)ccc(N)c1N.CCOC(=O)c1c(F)ccc(N)c1N. The molecule has 152 valence electrons. The van der Waals surface area contributed by atoms with E-state index in [9.17, 15) is 18.4 Å². The maximum atomic E-state index is 13.2. The summed E-state index contributed by atoms with van der Waals surface area (Å²) in [5, 5.41) is 0. The monoisotopic (exact) mass is 396 g/mol. The summed E-state index contributed by atoms with van der Waals surface area (Å²) in [4.78, 5) is 22.5.